The minimum Gasteiger partial charge on any atom is -0.334 e. The number of rotatable bonds is 4. The molecule has 2 amide bonds. The van der Waals surface area contributed by atoms with E-state index in [1.54, 1.807) is 37.3 Å². The minimum atomic E-state index is -0.575. The third-order valence-electron chi connectivity index (χ3n) is 5.51. The van der Waals surface area contributed by atoms with E-state index in [4.69, 9.17) is 27.7 Å². The average molecular weight is 495 g/mol. The van der Waals surface area contributed by atoms with Crippen LogP contribution in [-0.2, 0) is 0 Å². The second-order valence-electron chi connectivity index (χ2n) is 7.68. The SMILES string of the molecule is CC1=C(c2nc(-c3cccc(Cl)c3)no2)C(c2ccc(Cl)cc2)NC(=O)N1c1ccc(F)cc1. The third-order valence-corrected chi connectivity index (χ3v) is 6.00. The van der Waals surface area contributed by atoms with Gasteiger partial charge in [0.05, 0.1) is 17.3 Å². The molecule has 9 heteroatoms. The molecule has 5 rings (SSSR count). The molecular weight excluding hydrogens is 478 g/mol. The molecule has 1 aromatic heterocycles. The number of hydrogen-bond acceptors (Lipinski definition) is 4. The molecule has 2 heterocycles. The number of benzene rings is 3. The number of carbonyl (C=O) groups excluding carboxylic acids is 1. The van der Waals surface area contributed by atoms with E-state index in [2.05, 4.69) is 15.5 Å². The number of urea groups is 1. The van der Waals surface area contributed by atoms with Crippen LogP contribution in [-0.4, -0.2) is 16.2 Å². The highest BCUT2D eigenvalue weighted by atomic mass is 35.5. The Labute approximate surface area is 204 Å². The maximum atomic E-state index is 13.5. The van der Waals surface area contributed by atoms with Gasteiger partial charge in [0.25, 0.3) is 5.89 Å². The average Bonchev–Trinajstić information content (AvgIpc) is 3.30. The van der Waals surface area contributed by atoms with Gasteiger partial charge in [-0.3, -0.25) is 4.90 Å². The van der Waals surface area contributed by atoms with Crippen LogP contribution in [0.25, 0.3) is 17.0 Å². The predicted molar refractivity (Wildman–Crippen MR) is 129 cm³/mol. The highest BCUT2D eigenvalue weighted by Gasteiger charge is 2.36. The topological polar surface area (TPSA) is 71.3 Å². The van der Waals surface area contributed by atoms with E-state index in [0.717, 1.165) is 5.56 Å². The van der Waals surface area contributed by atoms with Crippen LogP contribution in [0.3, 0.4) is 0 Å². The summed E-state index contributed by atoms with van der Waals surface area (Å²) in [6.45, 7) is 1.78. The lowest BCUT2D eigenvalue weighted by Crippen LogP contribution is -2.46. The number of hydrogen-bond donors (Lipinski definition) is 1. The van der Waals surface area contributed by atoms with E-state index < -0.39 is 11.9 Å². The van der Waals surface area contributed by atoms with E-state index >= 15 is 0 Å². The Balaban J connectivity index is 1.65. The fourth-order valence-electron chi connectivity index (χ4n) is 3.90. The lowest BCUT2D eigenvalue weighted by atomic mass is 9.94. The molecule has 1 atom stereocenters. The van der Waals surface area contributed by atoms with E-state index in [1.165, 1.54) is 29.2 Å². The van der Waals surface area contributed by atoms with Gasteiger partial charge in [0.2, 0.25) is 5.82 Å². The molecule has 6 nitrogen and oxygen atoms in total. The summed E-state index contributed by atoms with van der Waals surface area (Å²) in [7, 11) is 0. The van der Waals surface area contributed by atoms with Crippen molar-refractivity contribution in [1.82, 2.24) is 15.5 Å². The number of nitrogens with one attached hydrogen (secondary N) is 1. The van der Waals surface area contributed by atoms with E-state index in [1.807, 2.05) is 18.2 Å². The molecule has 34 heavy (non-hydrogen) atoms. The van der Waals surface area contributed by atoms with Crippen molar-refractivity contribution in [3.8, 4) is 11.4 Å². The summed E-state index contributed by atoms with van der Waals surface area (Å²) in [6, 6.07) is 19.0. The molecule has 0 fully saturated rings. The van der Waals surface area contributed by atoms with Gasteiger partial charge < -0.3 is 9.84 Å². The first-order valence-corrected chi connectivity index (χ1v) is 11.1. The smallest absolute Gasteiger partial charge is 0.326 e. The van der Waals surface area contributed by atoms with Crippen LogP contribution in [0.2, 0.25) is 10.0 Å². The summed E-state index contributed by atoms with van der Waals surface area (Å²) in [4.78, 5) is 19.2. The van der Waals surface area contributed by atoms with Crippen LogP contribution in [0.5, 0.6) is 0 Å². The molecule has 0 bridgehead atoms. The summed E-state index contributed by atoms with van der Waals surface area (Å²) in [6.07, 6.45) is 0. The molecule has 4 aromatic rings. The third kappa shape index (κ3) is 4.16. The van der Waals surface area contributed by atoms with Gasteiger partial charge in [0.15, 0.2) is 0 Å². The van der Waals surface area contributed by atoms with Crippen LogP contribution in [0.4, 0.5) is 14.9 Å². The van der Waals surface area contributed by atoms with Crippen molar-refractivity contribution >= 4 is 40.5 Å². The van der Waals surface area contributed by atoms with E-state index in [9.17, 15) is 9.18 Å². The summed E-state index contributed by atoms with van der Waals surface area (Å²) in [5.74, 6) is 0.197. The quantitative estimate of drug-likeness (QED) is 0.335. The Morgan fingerprint density at radius 2 is 1.74 bits per heavy atom. The number of amides is 2. The van der Waals surface area contributed by atoms with Crippen LogP contribution < -0.4 is 10.2 Å². The first-order chi connectivity index (χ1) is 16.4. The number of carbonyl (C=O) groups is 1. The van der Waals surface area contributed by atoms with Gasteiger partial charge >= 0.3 is 6.03 Å². The molecule has 3 aromatic carbocycles. The lowest BCUT2D eigenvalue weighted by Gasteiger charge is -2.35. The summed E-state index contributed by atoms with van der Waals surface area (Å²) >= 11 is 12.2. The lowest BCUT2D eigenvalue weighted by molar-refractivity contribution is 0.244. The Morgan fingerprint density at radius 1 is 1.00 bits per heavy atom. The molecule has 1 aliphatic rings. The number of nitrogens with zero attached hydrogens (tertiary/aromatic N) is 3. The zero-order valence-corrected chi connectivity index (χ0v) is 19.3. The van der Waals surface area contributed by atoms with Gasteiger partial charge in [-0.1, -0.05) is 52.6 Å². The molecule has 1 unspecified atom stereocenters. The van der Waals surface area contributed by atoms with Crippen molar-refractivity contribution in [3.05, 3.63) is 106 Å². The van der Waals surface area contributed by atoms with E-state index in [0.29, 0.717) is 38.4 Å². The molecule has 0 saturated carbocycles. The predicted octanol–water partition coefficient (Wildman–Crippen LogP) is 6.88. The zero-order chi connectivity index (χ0) is 23.8. The second-order valence-corrected chi connectivity index (χ2v) is 8.55. The first kappa shape index (κ1) is 22.1. The minimum absolute atomic E-state index is 0.236. The Kier molecular flexibility index (Phi) is 5.81. The molecule has 0 spiro atoms. The van der Waals surface area contributed by atoms with Crippen LogP contribution in [0.1, 0.15) is 24.4 Å². The number of halogens is 3. The monoisotopic (exact) mass is 494 g/mol. The second kappa shape index (κ2) is 8.93. The van der Waals surface area contributed by atoms with Crippen molar-refractivity contribution in [3.63, 3.8) is 0 Å². The van der Waals surface area contributed by atoms with Gasteiger partial charge in [-0.05, 0) is 61.0 Å². The fourth-order valence-corrected chi connectivity index (χ4v) is 4.22. The van der Waals surface area contributed by atoms with E-state index in [-0.39, 0.29) is 11.9 Å². The maximum Gasteiger partial charge on any atom is 0.326 e. The molecule has 1 aliphatic heterocycles. The fraction of sp³-hybridized carbons (Fsp3) is 0.0800. The van der Waals surface area contributed by atoms with Crippen LogP contribution in [0, 0.1) is 5.82 Å². The molecule has 0 saturated heterocycles. The zero-order valence-electron chi connectivity index (χ0n) is 17.8. The Hall–Kier alpha value is -3.68. The molecule has 170 valence electrons. The first-order valence-electron chi connectivity index (χ1n) is 10.3. The molecule has 0 aliphatic carbocycles. The van der Waals surface area contributed by atoms with Gasteiger partial charge in [-0.25, -0.2) is 9.18 Å². The number of anilines is 1. The number of allylic oxidation sites excluding steroid dienone is 1. The Bertz CT molecular complexity index is 1400. The normalized spacial score (nSPS) is 16.1. The van der Waals surface area contributed by atoms with Crippen molar-refractivity contribution in [2.45, 2.75) is 13.0 Å². The van der Waals surface area contributed by atoms with Crippen molar-refractivity contribution in [2.75, 3.05) is 4.90 Å². The van der Waals surface area contributed by atoms with Gasteiger partial charge in [-0.15, -0.1) is 0 Å². The van der Waals surface area contributed by atoms with Crippen molar-refractivity contribution < 1.29 is 13.7 Å². The molecular formula is C25H17Cl2FN4O2. The molecule has 0 radical (unpaired) electrons. The van der Waals surface area contributed by atoms with Gasteiger partial charge in [-0.2, -0.15) is 4.98 Å². The van der Waals surface area contributed by atoms with Gasteiger partial charge in [0.1, 0.15) is 5.82 Å². The largest absolute Gasteiger partial charge is 0.334 e. The van der Waals surface area contributed by atoms with Crippen molar-refractivity contribution in [1.29, 1.82) is 0 Å². The van der Waals surface area contributed by atoms with Gasteiger partial charge in [0, 0.05) is 21.3 Å². The summed E-state index contributed by atoms with van der Waals surface area (Å²) in [5, 5.41) is 8.24. The highest BCUT2D eigenvalue weighted by Crippen LogP contribution is 2.39. The van der Waals surface area contributed by atoms with Crippen LogP contribution >= 0.6 is 23.2 Å². The highest BCUT2D eigenvalue weighted by molar-refractivity contribution is 6.31. The Morgan fingerprint density at radius 3 is 2.44 bits per heavy atom. The number of aromatic nitrogens is 2. The molecule has 1 N–H and O–H groups in total. The summed E-state index contributed by atoms with van der Waals surface area (Å²) in [5.41, 5.74) is 3.15. The maximum absolute atomic E-state index is 13.5. The standard InChI is InChI=1S/C25H17Cl2FN4O2/c1-14-21(24-30-23(31-34-24)16-3-2-4-18(27)13-16)22(15-5-7-17(26)8-6-15)29-25(33)32(14)20-11-9-19(28)10-12-20/h2-13,22H,1H3,(H,29,33). The summed E-state index contributed by atoms with van der Waals surface area (Å²) < 4.78 is 19.2. The van der Waals surface area contributed by atoms with Crippen molar-refractivity contribution in [2.24, 2.45) is 0 Å². The van der Waals surface area contributed by atoms with Crippen LogP contribution in [0.15, 0.2) is 83.0 Å².